The number of hydrogen-bond acceptors (Lipinski definition) is 6. The van der Waals surface area contributed by atoms with Crippen LogP contribution in [0.3, 0.4) is 0 Å². The van der Waals surface area contributed by atoms with Gasteiger partial charge < -0.3 is 14.2 Å². The molecule has 0 fully saturated rings. The fraction of sp³-hybridized carbons (Fsp3) is 0.800. The van der Waals surface area contributed by atoms with Crippen LogP contribution in [-0.4, -0.2) is 37.2 Å². The maximum absolute atomic E-state index is 12.8. The van der Waals surface area contributed by atoms with Gasteiger partial charge in [-0.3, -0.25) is 14.4 Å². The van der Waals surface area contributed by atoms with Crippen molar-refractivity contribution in [1.29, 1.82) is 0 Å². The Hall–Kier alpha value is -2.63. The summed E-state index contributed by atoms with van der Waals surface area (Å²) in [6.07, 6.45) is 59.6. The Morgan fingerprint density at radius 1 is 0.328 bits per heavy atom. The van der Waals surface area contributed by atoms with Crippen molar-refractivity contribution >= 4 is 17.9 Å². The fourth-order valence-electron chi connectivity index (χ4n) is 7.32. The van der Waals surface area contributed by atoms with E-state index < -0.39 is 6.10 Å². The molecule has 354 valence electrons. The van der Waals surface area contributed by atoms with E-state index in [4.69, 9.17) is 14.2 Å². The summed E-state index contributed by atoms with van der Waals surface area (Å²) in [5.41, 5.74) is 0. The molecule has 0 aliphatic heterocycles. The number of ether oxygens (including phenoxy) is 3. The number of unbranched alkanes of at least 4 members (excludes halogenated alkanes) is 28. The molecule has 61 heavy (non-hydrogen) atoms. The second-order valence-corrected chi connectivity index (χ2v) is 17.4. The highest BCUT2D eigenvalue weighted by molar-refractivity contribution is 5.71. The first-order valence-corrected chi connectivity index (χ1v) is 26.1. The molecule has 0 unspecified atom stereocenters. The van der Waals surface area contributed by atoms with Crippen molar-refractivity contribution in [3.05, 3.63) is 48.6 Å². The van der Waals surface area contributed by atoms with Crippen LogP contribution in [0.5, 0.6) is 0 Å². The van der Waals surface area contributed by atoms with E-state index in [-0.39, 0.29) is 37.5 Å². The van der Waals surface area contributed by atoms with Gasteiger partial charge in [0, 0.05) is 19.3 Å². The van der Waals surface area contributed by atoms with E-state index in [1.54, 1.807) is 0 Å². The first-order valence-electron chi connectivity index (χ1n) is 26.1. The van der Waals surface area contributed by atoms with Crippen LogP contribution < -0.4 is 0 Å². The Morgan fingerprint density at radius 2 is 0.623 bits per heavy atom. The molecule has 0 spiro atoms. The Labute approximate surface area is 378 Å². The fourth-order valence-corrected chi connectivity index (χ4v) is 7.32. The second kappa shape index (κ2) is 50.0. The molecule has 0 radical (unpaired) electrons. The van der Waals surface area contributed by atoms with E-state index in [1.807, 2.05) is 0 Å². The molecule has 6 heteroatoms. The summed E-state index contributed by atoms with van der Waals surface area (Å²) in [6, 6.07) is 0. The van der Waals surface area contributed by atoms with Crippen molar-refractivity contribution in [3.8, 4) is 0 Å². The first kappa shape index (κ1) is 58.4. The lowest BCUT2D eigenvalue weighted by molar-refractivity contribution is -0.167. The van der Waals surface area contributed by atoms with Gasteiger partial charge in [-0.05, 0) is 70.6 Å². The Balaban J connectivity index is 4.43. The second-order valence-electron chi connectivity index (χ2n) is 17.4. The van der Waals surface area contributed by atoms with Crippen molar-refractivity contribution in [3.63, 3.8) is 0 Å². The molecular weight excluding hydrogens is 757 g/mol. The number of carbonyl (C=O) groups is 3. The Kier molecular flexibility index (Phi) is 47.9. The predicted octanol–water partition coefficient (Wildman–Crippen LogP) is 17.1. The summed E-state index contributed by atoms with van der Waals surface area (Å²) in [5.74, 6) is -0.949. The lowest BCUT2D eigenvalue weighted by Crippen LogP contribution is -2.30. The topological polar surface area (TPSA) is 78.9 Å². The van der Waals surface area contributed by atoms with Gasteiger partial charge in [0.2, 0.25) is 0 Å². The van der Waals surface area contributed by atoms with E-state index in [0.717, 1.165) is 64.2 Å². The number of allylic oxidation sites excluding steroid dienone is 8. The summed E-state index contributed by atoms with van der Waals surface area (Å²) in [4.78, 5) is 37.9. The van der Waals surface area contributed by atoms with Crippen LogP contribution in [0.25, 0.3) is 0 Å². The number of carbonyl (C=O) groups excluding carboxylic acids is 3. The van der Waals surface area contributed by atoms with Gasteiger partial charge in [-0.1, -0.05) is 223 Å². The maximum atomic E-state index is 12.8. The molecule has 1 atom stereocenters. The highest BCUT2D eigenvalue weighted by atomic mass is 16.6. The molecule has 0 saturated carbocycles. The van der Waals surface area contributed by atoms with Crippen LogP contribution in [0.1, 0.15) is 265 Å². The molecule has 0 aromatic carbocycles. The standard InChI is InChI=1S/C55H98O6/c1-4-7-10-13-16-19-22-24-26-27-29-31-34-37-40-43-46-49-55(58)61-52(50-59-53(56)47-44-41-38-35-32-21-18-15-12-9-6-3)51-60-54(57)48-45-42-39-36-33-30-28-25-23-20-17-14-11-8-5-2/h15,18,24,26,29,31,37,40,52H,4-14,16-17,19-23,25,27-28,30,32-36,38-39,41-51H2,1-3H3/b18-15-,26-24-,31-29-,40-37-/t52-/m1/s1. The van der Waals surface area contributed by atoms with Crippen LogP contribution in [0.4, 0.5) is 0 Å². The monoisotopic (exact) mass is 855 g/mol. The third kappa shape index (κ3) is 48.3. The molecule has 0 amide bonds. The zero-order chi connectivity index (χ0) is 44.4. The van der Waals surface area contributed by atoms with Crippen LogP contribution in [0.2, 0.25) is 0 Å². The zero-order valence-corrected chi connectivity index (χ0v) is 40.4. The van der Waals surface area contributed by atoms with Crippen molar-refractivity contribution in [1.82, 2.24) is 0 Å². The molecular formula is C55H98O6. The van der Waals surface area contributed by atoms with Gasteiger partial charge in [-0.2, -0.15) is 0 Å². The summed E-state index contributed by atoms with van der Waals surface area (Å²) < 4.78 is 16.7. The van der Waals surface area contributed by atoms with Gasteiger partial charge >= 0.3 is 17.9 Å². The van der Waals surface area contributed by atoms with Crippen LogP contribution in [0.15, 0.2) is 48.6 Å². The summed E-state index contributed by atoms with van der Waals surface area (Å²) in [5, 5.41) is 0. The predicted molar refractivity (Wildman–Crippen MR) is 261 cm³/mol. The summed E-state index contributed by atoms with van der Waals surface area (Å²) in [7, 11) is 0. The largest absolute Gasteiger partial charge is 0.462 e. The molecule has 0 aliphatic carbocycles. The lowest BCUT2D eigenvalue weighted by atomic mass is 10.0. The minimum atomic E-state index is -0.799. The highest BCUT2D eigenvalue weighted by Crippen LogP contribution is 2.15. The SMILES string of the molecule is CCCC/C=C\CCCCCCCC(=O)OC[C@H](COC(=O)CCCCCCCCCCCCCCCCC)OC(=O)CCC/C=C\C/C=C\C/C=C\CCCCCCCC. The molecule has 0 aromatic heterocycles. The summed E-state index contributed by atoms with van der Waals surface area (Å²) in [6.45, 7) is 6.56. The molecule has 0 rings (SSSR count). The number of esters is 3. The minimum Gasteiger partial charge on any atom is -0.462 e. The molecule has 6 nitrogen and oxygen atoms in total. The van der Waals surface area contributed by atoms with Crippen molar-refractivity contribution in [2.75, 3.05) is 13.2 Å². The molecule has 0 bridgehead atoms. The van der Waals surface area contributed by atoms with Gasteiger partial charge in [-0.15, -0.1) is 0 Å². The third-order valence-corrected chi connectivity index (χ3v) is 11.3. The van der Waals surface area contributed by atoms with Crippen molar-refractivity contribution < 1.29 is 28.6 Å². The lowest BCUT2D eigenvalue weighted by Gasteiger charge is -2.18. The smallest absolute Gasteiger partial charge is 0.306 e. The summed E-state index contributed by atoms with van der Waals surface area (Å²) >= 11 is 0. The number of hydrogen-bond donors (Lipinski definition) is 0. The van der Waals surface area contributed by atoms with E-state index in [9.17, 15) is 14.4 Å². The van der Waals surface area contributed by atoms with E-state index in [2.05, 4.69) is 69.4 Å². The molecule has 0 aliphatic rings. The number of rotatable bonds is 47. The van der Waals surface area contributed by atoms with Gasteiger partial charge in [0.05, 0.1) is 0 Å². The Morgan fingerprint density at radius 3 is 1.03 bits per heavy atom. The maximum Gasteiger partial charge on any atom is 0.306 e. The first-order chi connectivity index (χ1) is 30.0. The third-order valence-electron chi connectivity index (χ3n) is 11.3. The molecule has 0 heterocycles. The van der Waals surface area contributed by atoms with E-state index >= 15 is 0 Å². The molecule has 0 aromatic rings. The van der Waals surface area contributed by atoms with Gasteiger partial charge in [-0.25, -0.2) is 0 Å². The highest BCUT2D eigenvalue weighted by Gasteiger charge is 2.19. The van der Waals surface area contributed by atoms with E-state index in [1.165, 1.54) is 154 Å². The molecule has 0 N–H and O–H groups in total. The minimum absolute atomic E-state index is 0.0933. The van der Waals surface area contributed by atoms with Gasteiger partial charge in [0.25, 0.3) is 0 Å². The zero-order valence-electron chi connectivity index (χ0n) is 40.4. The van der Waals surface area contributed by atoms with Gasteiger partial charge in [0.15, 0.2) is 6.10 Å². The quantitative estimate of drug-likeness (QED) is 0.0263. The van der Waals surface area contributed by atoms with E-state index in [0.29, 0.717) is 19.3 Å². The molecule has 0 saturated heterocycles. The van der Waals surface area contributed by atoms with Crippen molar-refractivity contribution in [2.24, 2.45) is 0 Å². The van der Waals surface area contributed by atoms with Crippen LogP contribution >= 0.6 is 0 Å². The average Bonchev–Trinajstić information content (AvgIpc) is 3.26. The van der Waals surface area contributed by atoms with Crippen molar-refractivity contribution in [2.45, 2.75) is 271 Å². The Bertz CT molecular complexity index is 1070. The van der Waals surface area contributed by atoms with Crippen LogP contribution in [-0.2, 0) is 28.6 Å². The van der Waals surface area contributed by atoms with Crippen LogP contribution in [0, 0.1) is 0 Å². The average molecular weight is 855 g/mol. The van der Waals surface area contributed by atoms with Gasteiger partial charge in [0.1, 0.15) is 13.2 Å². The normalized spacial score (nSPS) is 12.4.